The summed E-state index contributed by atoms with van der Waals surface area (Å²) < 4.78 is 5.83. The molecule has 2 atom stereocenters. The highest BCUT2D eigenvalue weighted by atomic mass is 32.2. The maximum Gasteiger partial charge on any atom is 0.255 e. The third-order valence-corrected chi connectivity index (χ3v) is 6.95. The van der Waals surface area contributed by atoms with Gasteiger partial charge in [-0.05, 0) is 56.7 Å². The molecule has 0 bridgehead atoms. The van der Waals surface area contributed by atoms with Crippen molar-refractivity contribution >= 4 is 34.7 Å². The molecule has 32 heavy (non-hydrogen) atoms. The lowest BCUT2D eigenvalue weighted by molar-refractivity contribution is 0.0953. The molecule has 4 N–H and O–H groups in total. The van der Waals surface area contributed by atoms with E-state index in [1.165, 1.54) is 6.07 Å². The highest BCUT2D eigenvalue weighted by molar-refractivity contribution is 8.00. The number of phenols is 1. The monoisotopic (exact) mass is 455 g/mol. The molecule has 1 fully saturated rings. The predicted octanol–water partition coefficient (Wildman–Crippen LogP) is 3.43. The van der Waals surface area contributed by atoms with Gasteiger partial charge in [0.2, 0.25) is 0 Å². The molecule has 0 radical (unpaired) electrons. The number of para-hydroxylation sites is 1. The summed E-state index contributed by atoms with van der Waals surface area (Å²) >= 11 is 1.80. The molecule has 1 aliphatic heterocycles. The summed E-state index contributed by atoms with van der Waals surface area (Å²) in [6, 6.07) is 8.10. The summed E-state index contributed by atoms with van der Waals surface area (Å²) in [7, 11) is 0. The molecule has 0 spiro atoms. The molecule has 0 saturated carbocycles. The third kappa shape index (κ3) is 4.12. The lowest BCUT2D eigenvalue weighted by atomic mass is 10.0. The molecule has 4 rings (SSSR count). The molecule has 1 aliphatic rings. The van der Waals surface area contributed by atoms with Crippen LogP contribution in [0.15, 0.2) is 44.3 Å². The minimum Gasteiger partial charge on any atom is -0.505 e. The lowest BCUT2D eigenvalue weighted by Crippen LogP contribution is -2.38. The minimum absolute atomic E-state index is 0.0645. The van der Waals surface area contributed by atoms with Gasteiger partial charge in [0.15, 0.2) is 5.75 Å². The van der Waals surface area contributed by atoms with Crippen molar-refractivity contribution in [3.63, 3.8) is 0 Å². The molecular formula is C23H25N3O5S. The number of furan rings is 1. The topological polar surface area (TPSA) is 121 Å². The first-order valence-electron chi connectivity index (χ1n) is 10.6. The fourth-order valence-electron chi connectivity index (χ4n) is 3.86. The highest BCUT2D eigenvalue weighted by Crippen LogP contribution is 2.40. The molecule has 1 aromatic heterocycles. The van der Waals surface area contributed by atoms with Crippen molar-refractivity contribution in [1.29, 1.82) is 0 Å². The maximum absolute atomic E-state index is 12.4. The van der Waals surface area contributed by atoms with Gasteiger partial charge in [0, 0.05) is 11.8 Å². The Labute approximate surface area is 189 Å². The number of carbonyl (C=O) groups is 1. The highest BCUT2D eigenvalue weighted by Gasteiger charge is 2.33. The Bertz CT molecular complexity index is 1210. The van der Waals surface area contributed by atoms with Crippen LogP contribution in [0, 0.1) is 6.92 Å². The summed E-state index contributed by atoms with van der Waals surface area (Å²) in [6.45, 7) is 4.05. The van der Waals surface area contributed by atoms with Gasteiger partial charge in [-0.25, -0.2) is 0 Å². The van der Waals surface area contributed by atoms with Crippen LogP contribution in [0.1, 0.15) is 47.7 Å². The van der Waals surface area contributed by atoms with Crippen LogP contribution >= 0.6 is 11.8 Å². The van der Waals surface area contributed by atoms with Gasteiger partial charge in [-0.3, -0.25) is 14.4 Å². The molecular weight excluding hydrogens is 430 g/mol. The second-order valence-corrected chi connectivity index (χ2v) is 9.06. The zero-order valence-electron chi connectivity index (χ0n) is 17.9. The third-order valence-electron chi connectivity index (χ3n) is 5.49. The predicted molar refractivity (Wildman–Crippen MR) is 126 cm³/mol. The van der Waals surface area contributed by atoms with E-state index < -0.39 is 16.8 Å². The van der Waals surface area contributed by atoms with E-state index in [1.807, 2.05) is 19.1 Å². The fraction of sp³-hybridized carbons (Fsp3) is 0.348. The summed E-state index contributed by atoms with van der Waals surface area (Å²) in [4.78, 5) is 36.9. The van der Waals surface area contributed by atoms with Crippen LogP contribution in [0.25, 0.3) is 0 Å². The van der Waals surface area contributed by atoms with Crippen molar-refractivity contribution in [2.75, 3.05) is 22.9 Å². The number of amides is 1. The average Bonchev–Trinajstić information content (AvgIpc) is 3.46. The van der Waals surface area contributed by atoms with Crippen molar-refractivity contribution in [3.05, 3.63) is 67.9 Å². The van der Waals surface area contributed by atoms with E-state index in [4.69, 9.17) is 4.42 Å². The van der Waals surface area contributed by atoms with Crippen molar-refractivity contribution in [2.45, 2.75) is 38.0 Å². The number of benzene rings is 1. The number of anilines is 3. The summed E-state index contributed by atoms with van der Waals surface area (Å²) in [6.07, 6.45) is 2.04. The Balaban J connectivity index is 1.63. The lowest BCUT2D eigenvalue weighted by Gasteiger charge is -2.25. The first-order valence-corrected chi connectivity index (χ1v) is 11.6. The Morgan fingerprint density at radius 3 is 2.66 bits per heavy atom. The molecule has 1 amide bonds. The zero-order valence-corrected chi connectivity index (χ0v) is 18.7. The number of thioether (sulfide) groups is 1. The number of phenolic OH excluding ortho intramolecular Hbond substituents is 1. The summed E-state index contributed by atoms with van der Waals surface area (Å²) in [5.74, 6) is 1.79. The van der Waals surface area contributed by atoms with Crippen molar-refractivity contribution in [1.82, 2.24) is 5.32 Å². The Morgan fingerprint density at radius 2 is 2.00 bits per heavy atom. The largest absolute Gasteiger partial charge is 0.505 e. The molecule has 2 aromatic carbocycles. The van der Waals surface area contributed by atoms with Crippen LogP contribution in [-0.4, -0.2) is 28.6 Å². The summed E-state index contributed by atoms with van der Waals surface area (Å²) in [5, 5.41) is 19.4. The SMILES string of the molecule is CCNC(=O)c1cccc(Nc2c(NC(c3ccc(C)o3)C3CCCS3)c(=O)c2=O)c1O. The van der Waals surface area contributed by atoms with E-state index in [0.717, 1.165) is 24.4 Å². The van der Waals surface area contributed by atoms with Crippen molar-refractivity contribution in [2.24, 2.45) is 0 Å². The Hall–Kier alpha value is -3.20. The van der Waals surface area contributed by atoms with E-state index in [0.29, 0.717) is 12.3 Å². The van der Waals surface area contributed by atoms with Crippen LogP contribution in [0.4, 0.5) is 17.1 Å². The number of nitrogens with one attached hydrogen (secondary N) is 3. The number of aromatic hydroxyl groups is 1. The molecule has 8 nitrogen and oxygen atoms in total. The standard InChI is InChI=1S/C23H25N3O5S/c1-3-24-23(30)13-6-4-7-14(20(13)27)25-18-19(22(29)21(18)28)26-17(16-8-5-11-32-16)15-10-9-12(2)31-15/h4,6-7,9-10,16-17,25-27H,3,5,8,11H2,1-2H3,(H,24,30). The van der Waals surface area contributed by atoms with Gasteiger partial charge in [0.25, 0.3) is 16.8 Å². The van der Waals surface area contributed by atoms with Gasteiger partial charge >= 0.3 is 0 Å². The van der Waals surface area contributed by atoms with Crippen molar-refractivity contribution < 1.29 is 14.3 Å². The van der Waals surface area contributed by atoms with Crippen LogP contribution < -0.4 is 26.8 Å². The zero-order chi connectivity index (χ0) is 22.8. The Morgan fingerprint density at radius 1 is 1.22 bits per heavy atom. The van der Waals surface area contributed by atoms with E-state index in [1.54, 1.807) is 30.8 Å². The second kappa shape index (κ2) is 9.12. The van der Waals surface area contributed by atoms with Crippen molar-refractivity contribution in [3.8, 4) is 5.75 Å². The smallest absolute Gasteiger partial charge is 0.255 e. The fourth-order valence-corrected chi connectivity index (χ4v) is 5.22. The Kier molecular flexibility index (Phi) is 6.27. The molecule has 168 valence electrons. The normalized spacial score (nSPS) is 16.8. The number of rotatable bonds is 8. The van der Waals surface area contributed by atoms with E-state index in [9.17, 15) is 19.5 Å². The summed E-state index contributed by atoms with van der Waals surface area (Å²) in [5.41, 5.74) is -0.827. The van der Waals surface area contributed by atoms with Gasteiger partial charge < -0.3 is 25.5 Å². The molecule has 9 heteroatoms. The van der Waals surface area contributed by atoms with Gasteiger partial charge in [-0.1, -0.05) is 6.07 Å². The van der Waals surface area contributed by atoms with E-state index in [2.05, 4.69) is 16.0 Å². The maximum atomic E-state index is 12.4. The second-order valence-electron chi connectivity index (χ2n) is 7.72. The van der Waals surface area contributed by atoms with Crippen LogP contribution in [0.3, 0.4) is 0 Å². The van der Waals surface area contributed by atoms with Crippen LogP contribution in [0.5, 0.6) is 5.75 Å². The minimum atomic E-state index is -0.677. The van der Waals surface area contributed by atoms with Crippen LogP contribution in [-0.2, 0) is 0 Å². The molecule has 2 heterocycles. The van der Waals surface area contributed by atoms with Gasteiger partial charge in [0.05, 0.1) is 17.3 Å². The molecule has 2 unspecified atom stereocenters. The van der Waals surface area contributed by atoms with Gasteiger partial charge in [-0.2, -0.15) is 11.8 Å². The number of hydrogen-bond donors (Lipinski definition) is 4. The van der Waals surface area contributed by atoms with E-state index >= 15 is 0 Å². The molecule has 0 aliphatic carbocycles. The number of carbonyl (C=O) groups excluding carboxylic acids is 1. The average molecular weight is 456 g/mol. The molecule has 1 saturated heterocycles. The van der Waals surface area contributed by atoms with Crippen LogP contribution in [0.2, 0.25) is 0 Å². The van der Waals surface area contributed by atoms with Gasteiger partial charge in [0.1, 0.15) is 22.9 Å². The van der Waals surface area contributed by atoms with Gasteiger partial charge in [-0.15, -0.1) is 0 Å². The molecule has 3 aromatic rings. The first kappa shape index (κ1) is 22.0. The number of hydrogen-bond acceptors (Lipinski definition) is 8. The first-order chi connectivity index (χ1) is 15.4. The van der Waals surface area contributed by atoms with E-state index in [-0.39, 0.29) is 39.7 Å². The number of aryl methyl sites for hydroxylation is 1. The quantitative estimate of drug-likeness (QED) is 0.301.